The number of H-pyrrole nitrogens is 1. The molecule has 1 aromatic heterocycles. The van der Waals surface area contributed by atoms with Gasteiger partial charge in [-0.15, -0.1) is 0 Å². The number of aromatic nitrogens is 2. The summed E-state index contributed by atoms with van der Waals surface area (Å²) < 4.78 is 12.7. The van der Waals surface area contributed by atoms with Gasteiger partial charge in [0.2, 0.25) is 0 Å². The highest BCUT2D eigenvalue weighted by Crippen LogP contribution is 2.15. The van der Waals surface area contributed by atoms with Crippen LogP contribution in [0.15, 0.2) is 18.2 Å². The maximum absolute atomic E-state index is 12.7. The molecule has 2 aromatic rings. The average molecular weight is 175 g/mol. The maximum atomic E-state index is 12.7. The summed E-state index contributed by atoms with van der Waals surface area (Å²) in [6.45, 7) is 0. The molecule has 0 aliphatic carbocycles. The topological polar surface area (TPSA) is 52.5 Å². The first-order valence-corrected chi connectivity index (χ1v) is 3.81. The number of hydrogen-bond donors (Lipinski definition) is 1. The number of hydrogen-bond acceptors (Lipinski definition) is 2. The van der Waals surface area contributed by atoms with Crippen LogP contribution in [0.3, 0.4) is 0 Å². The van der Waals surface area contributed by atoms with E-state index in [0.29, 0.717) is 11.0 Å². The smallest absolute Gasteiger partial charge is 0.287 e. The Morgan fingerprint density at radius 1 is 1.54 bits per heavy atom. The number of aromatic amines is 1. The van der Waals surface area contributed by atoms with E-state index in [9.17, 15) is 4.39 Å². The SMILES string of the molecule is N#CCc1cccc2[nH]c(F)nc12. The molecule has 0 amide bonds. The van der Waals surface area contributed by atoms with Gasteiger partial charge in [0.15, 0.2) is 0 Å². The number of para-hydroxylation sites is 1. The minimum absolute atomic E-state index is 0.252. The largest absolute Gasteiger partial charge is 0.314 e. The van der Waals surface area contributed by atoms with Gasteiger partial charge in [-0.1, -0.05) is 12.1 Å². The van der Waals surface area contributed by atoms with Crippen LogP contribution in [0.4, 0.5) is 4.39 Å². The van der Waals surface area contributed by atoms with E-state index in [1.807, 2.05) is 6.07 Å². The zero-order valence-corrected chi connectivity index (χ0v) is 6.71. The van der Waals surface area contributed by atoms with Crippen LogP contribution in [0.25, 0.3) is 11.0 Å². The van der Waals surface area contributed by atoms with Gasteiger partial charge in [-0.3, -0.25) is 0 Å². The molecular weight excluding hydrogens is 169 g/mol. The molecular formula is C9H6FN3. The van der Waals surface area contributed by atoms with Gasteiger partial charge in [0.25, 0.3) is 6.08 Å². The Kier molecular flexibility index (Phi) is 1.71. The molecule has 1 heterocycles. The number of rotatable bonds is 1. The first-order valence-electron chi connectivity index (χ1n) is 3.81. The molecule has 0 aliphatic rings. The minimum atomic E-state index is -0.611. The monoisotopic (exact) mass is 175 g/mol. The molecule has 4 heteroatoms. The number of fused-ring (bicyclic) bond motifs is 1. The molecule has 1 aromatic carbocycles. The van der Waals surface area contributed by atoms with E-state index in [-0.39, 0.29) is 6.42 Å². The van der Waals surface area contributed by atoms with Crippen molar-refractivity contribution < 1.29 is 4.39 Å². The van der Waals surface area contributed by atoms with Crippen LogP contribution in [-0.4, -0.2) is 9.97 Å². The van der Waals surface area contributed by atoms with Crippen molar-refractivity contribution in [3.05, 3.63) is 29.8 Å². The lowest BCUT2D eigenvalue weighted by Crippen LogP contribution is -1.83. The summed E-state index contributed by atoms with van der Waals surface area (Å²) in [6.07, 6.45) is -0.359. The van der Waals surface area contributed by atoms with E-state index in [2.05, 4.69) is 9.97 Å². The third-order valence-electron chi connectivity index (χ3n) is 1.84. The molecule has 13 heavy (non-hydrogen) atoms. The number of nitriles is 1. The molecule has 3 nitrogen and oxygen atoms in total. The van der Waals surface area contributed by atoms with E-state index in [4.69, 9.17) is 5.26 Å². The van der Waals surface area contributed by atoms with Crippen LogP contribution < -0.4 is 0 Å². The van der Waals surface area contributed by atoms with Gasteiger partial charge >= 0.3 is 0 Å². The number of nitrogens with zero attached hydrogens (tertiary/aromatic N) is 2. The fourth-order valence-corrected chi connectivity index (χ4v) is 1.29. The first-order chi connectivity index (χ1) is 6.31. The Labute approximate surface area is 73.8 Å². The highest BCUT2D eigenvalue weighted by Gasteiger charge is 2.05. The number of nitrogens with one attached hydrogen (secondary N) is 1. The van der Waals surface area contributed by atoms with E-state index in [1.54, 1.807) is 18.2 Å². The van der Waals surface area contributed by atoms with Crippen molar-refractivity contribution in [1.29, 1.82) is 5.26 Å². The molecule has 0 saturated carbocycles. The Morgan fingerprint density at radius 2 is 2.38 bits per heavy atom. The molecule has 0 saturated heterocycles. The Bertz CT molecular complexity index is 481. The predicted molar refractivity (Wildman–Crippen MR) is 45.4 cm³/mol. The third kappa shape index (κ3) is 1.25. The highest BCUT2D eigenvalue weighted by atomic mass is 19.1. The molecule has 0 atom stereocenters. The third-order valence-corrected chi connectivity index (χ3v) is 1.84. The summed E-state index contributed by atoms with van der Waals surface area (Å²) >= 11 is 0. The summed E-state index contributed by atoms with van der Waals surface area (Å²) in [5.41, 5.74) is 1.92. The van der Waals surface area contributed by atoms with Crippen LogP contribution in [0, 0.1) is 17.4 Å². The van der Waals surface area contributed by atoms with E-state index in [0.717, 1.165) is 5.56 Å². The summed E-state index contributed by atoms with van der Waals surface area (Å²) in [6, 6.07) is 7.28. The summed E-state index contributed by atoms with van der Waals surface area (Å²) in [7, 11) is 0. The van der Waals surface area contributed by atoms with Gasteiger partial charge < -0.3 is 4.98 Å². The summed E-state index contributed by atoms with van der Waals surface area (Å²) in [5, 5.41) is 8.50. The standard InChI is InChI=1S/C9H6FN3/c10-9-12-7-3-1-2-6(4-5-11)8(7)13-9/h1-3H,4H2,(H,12,13). The Balaban J connectivity index is 2.69. The predicted octanol–water partition coefficient (Wildman–Crippen LogP) is 1.77. The minimum Gasteiger partial charge on any atom is -0.314 e. The van der Waals surface area contributed by atoms with Crippen molar-refractivity contribution in [1.82, 2.24) is 9.97 Å². The highest BCUT2D eigenvalue weighted by molar-refractivity contribution is 5.78. The van der Waals surface area contributed by atoms with Gasteiger partial charge in [-0.2, -0.15) is 9.65 Å². The van der Waals surface area contributed by atoms with E-state index in [1.165, 1.54) is 0 Å². The Hall–Kier alpha value is -1.89. The van der Waals surface area contributed by atoms with E-state index >= 15 is 0 Å². The zero-order valence-electron chi connectivity index (χ0n) is 6.71. The first kappa shape index (κ1) is 7.74. The van der Waals surface area contributed by atoms with Crippen molar-refractivity contribution in [3.63, 3.8) is 0 Å². The van der Waals surface area contributed by atoms with Gasteiger partial charge in [0.05, 0.1) is 23.5 Å². The second-order valence-corrected chi connectivity index (χ2v) is 2.68. The van der Waals surface area contributed by atoms with Crippen molar-refractivity contribution in [3.8, 4) is 6.07 Å². The van der Waals surface area contributed by atoms with Crippen molar-refractivity contribution in [2.24, 2.45) is 0 Å². The van der Waals surface area contributed by atoms with Gasteiger partial charge in [0, 0.05) is 0 Å². The lowest BCUT2D eigenvalue weighted by molar-refractivity contribution is 0.556. The lowest BCUT2D eigenvalue weighted by atomic mass is 10.1. The molecule has 2 rings (SSSR count). The summed E-state index contributed by atoms with van der Waals surface area (Å²) in [5.74, 6) is 0. The fraction of sp³-hybridized carbons (Fsp3) is 0.111. The molecule has 0 spiro atoms. The molecule has 0 aliphatic heterocycles. The zero-order chi connectivity index (χ0) is 9.26. The van der Waals surface area contributed by atoms with Crippen LogP contribution in [0.1, 0.15) is 5.56 Å². The quantitative estimate of drug-likeness (QED) is 0.718. The number of imidazole rings is 1. The maximum Gasteiger partial charge on any atom is 0.287 e. The normalized spacial score (nSPS) is 10.2. The lowest BCUT2D eigenvalue weighted by Gasteiger charge is -1.93. The fourth-order valence-electron chi connectivity index (χ4n) is 1.29. The molecule has 0 radical (unpaired) electrons. The van der Waals surface area contributed by atoms with E-state index < -0.39 is 6.08 Å². The summed E-state index contributed by atoms with van der Waals surface area (Å²) in [4.78, 5) is 6.13. The van der Waals surface area contributed by atoms with Crippen LogP contribution in [-0.2, 0) is 6.42 Å². The molecule has 1 N–H and O–H groups in total. The second-order valence-electron chi connectivity index (χ2n) is 2.68. The molecule has 0 fully saturated rings. The number of halogens is 1. The van der Waals surface area contributed by atoms with Crippen molar-refractivity contribution in [2.45, 2.75) is 6.42 Å². The molecule has 64 valence electrons. The van der Waals surface area contributed by atoms with Gasteiger partial charge in [-0.25, -0.2) is 4.98 Å². The molecule has 0 unspecified atom stereocenters. The number of benzene rings is 1. The molecule has 0 bridgehead atoms. The van der Waals surface area contributed by atoms with Crippen molar-refractivity contribution >= 4 is 11.0 Å². The van der Waals surface area contributed by atoms with Gasteiger partial charge in [-0.05, 0) is 11.6 Å². The second kappa shape index (κ2) is 2.87. The average Bonchev–Trinajstić information content (AvgIpc) is 2.47. The van der Waals surface area contributed by atoms with Crippen LogP contribution in [0.5, 0.6) is 0 Å². The van der Waals surface area contributed by atoms with Crippen LogP contribution >= 0.6 is 0 Å². The van der Waals surface area contributed by atoms with Crippen molar-refractivity contribution in [2.75, 3.05) is 0 Å². The van der Waals surface area contributed by atoms with Crippen LogP contribution in [0.2, 0.25) is 0 Å². The van der Waals surface area contributed by atoms with Gasteiger partial charge in [0.1, 0.15) is 0 Å². The Morgan fingerprint density at radius 3 is 3.15 bits per heavy atom.